The molecule has 6 nitrogen and oxygen atoms in total. The monoisotopic (exact) mass is 458 g/mol. The summed E-state index contributed by atoms with van der Waals surface area (Å²) in [4.78, 5) is 17.2. The molecular weight excluding hydrogens is 416 g/mol. The Morgan fingerprint density at radius 2 is 1.79 bits per heavy atom. The highest BCUT2D eigenvalue weighted by molar-refractivity contribution is 5.76. The summed E-state index contributed by atoms with van der Waals surface area (Å²) in [5.74, 6) is 2.65. The van der Waals surface area contributed by atoms with E-state index in [0.717, 1.165) is 31.3 Å². The molecule has 1 aliphatic heterocycles. The largest absolute Gasteiger partial charge is 0.381 e. The van der Waals surface area contributed by atoms with Crippen LogP contribution >= 0.6 is 0 Å². The van der Waals surface area contributed by atoms with Gasteiger partial charge in [0.05, 0.1) is 26.2 Å². The summed E-state index contributed by atoms with van der Waals surface area (Å²) in [6, 6.07) is 8.93. The van der Waals surface area contributed by atoms with E-state index in [-0.39, 0.29) is 12.2 Å². The first kappa shape index (κ1) is 24.6. The number of hydrogen-bond acceptors (Lipinski definition) is 5. The number of amides is 1. The van der Waals surface area contributed by atoms with Gasteiger partial charge in [-0.1, -0.05) is 30.7 Å². The van der Waals surface area contributed by atoms with E-state index in [2.05, 4.69) is 29.2 Å². The third-order valence-electron chi connectivity index (χ3n) is 7.62. The Hall–Kier alpha value is -1.47. The van der Waals surface area contributed by atoms with Crippen LogP contribution in [-0.4, -0.2) is 75.6 Å². The Bertz CT molecular complexity index is 737. The minimum atomic E-state index is -0.374. The quantitative estimate of drug-likeness (QED) is 0.314. The maximum absolute atomic E-state index is 12.7. The molecule has 0 bridgehead atoms. The van der Waals surface area contributed by atoms with E-state index in [1.807, 2.05) is 4.90 Å². The van der Waals surface area contributed by atoms with Gasteiger partial charge in [-0.2, -0.15) is 0 Å². The van der Waals surface area contributed by atoms with Crippen molar-refractivity contribution in [1.82, 2.24) is 9.80 Å². The smallest absolute Gasteiger partial charge is 0.225 e. The lowest BCUT2D eigenvalue weighted by Crippen LogP contribution is -2.40. The van der Waals surface area contributed by atoms with Crippen molar-refractivity contribution in [1.29, 1.82) is 0 Å². The van der Waals surface area contributed by atoms with Crippen molar-refractivity contribution in [3.63, 3.8) is 0 Å². The van der Waals surface area contributed by atoms with Crippen molar-refractivity contribution in [3.05, 3.63) is 35.4 Å². The second-order valence-corrected chi connectivity index (χ2v) is 10.2. The number of methoxy groups -OCH3 is 2. The molecule has 1 saturated heterocycles. The number of likely N-dealkylation sites (tertiary alicyclic amines) is 1. The first-order valence-corrected chi connectivity index (χ1v) is 12.9. The molecule has 184 valence electrons. The Morgan fingerprint density at radius 1 is 1.06 bits per heavy atom. The van der Waals surface area contributed by atoms with Gasteiger partial charge in [0.25, 0.3) is 0 Å². The van der Waals surface area contributed by atoms with Crippen LogP contribution in [0, 0.1) is 17.8 Å². The normalized spacial score (nSPS) is 22.8. The van der Waals surface area contributed by atoms with Gasteiger partial charge in [-0.05, 0) is 61.0 Å². The zero-order chi connectivity index (χ0) is 23.0. The van der Waals surface area contributed by atoms with E-state index in [0.29, 0.717) is 32.1 Å². The summed E-state index contributed by atoms with van der Waals surface area (Å²) in [7, 11) is 3.23. The van der Waals surface area contributed by atoms with Gasteiger partial charge in [0.2, 0.25) is 5.91 Å². The second-order valence-electron chi connectivity index (χ2n) is 10.2. The summed E-state index contributed by atoms with van der Waals surface area (Å²) in [6.45, 7) is 6.00. The van der Waals surface area contributed by atoms with Crippen LogP contribution in [0.25, 0.3) is 0 Å². The van der Waals surface area contributed by atoms with E-state index in [9.17, 15) is 4.79 Å². The van der Waals surface area contributed by atoms with Crippen molar-refractivity contribution >= 4 is 5.91 Å². The lowest BCUT2D eigenvalue weighted by molar-refractivity contribution is -0.146. The topological polar surface area (TPSA) is 51.2 Å². The molecule has 1 amide bonds. The van der Waals surface area contributed by atoms with Crippen LogP contribution in [0.3, 0.4) is 0 Å². The van der Waals surface area contributed by atoms with Crippen LogP contribution in [0.15, 0.2) is 24.3 Å². The molecule has 0 aromatic heterocycles. The molecule has 6 heteroatoms. The highest BCUT2D eigenvalue weighted by atomic mass is 16.7. The molecule has 3 fully saturated rings. The fourth-order valence-corrected chi connectivity index (χ4v) is 5.53. The van der Waals surface area contributed by atoms with Gasteiger partial charge in [0, 0.05) is 40.4 Å². The molecular formula is C27H42N2O4. The van der Waals surface area contributed by atoms with Gasteiger partial charge in [-0.25, -0.2) is 0 Å². The Kier molecular flexibility index (Phi) is 9.18. The number of hydrogen-bond donors (Lipinski definition) is 0. The number of carbonyl (C=O) groups excluding carboxylic acids is 1. The Balaban J connectivity index is 1.15. The lowest BCUT2D eigenvalue weighted by atomic mass is 10.0. The second kappa shape index (κ2) is 12.3. The van der Waals surface area contributed by atoms with Crippen LogP contribution < -0.4 is 0 Å². The number of rotatable bonds is 14. The van der Waals surface area contributed by atoms with Gasteiger partial charge < -0.3 is 19.1 Å². The highest BCUT2D eigenvalue weighted by Crippen LogP contribution is 2.38. The molecule has 0 radical (unpaired) electrons. The molecule has 1 unspecified atom stereocenters. The number of nitrogens with zero attached hydrogens (tertiary/aromatic N) is 2. The first-order valence-electron chi connectivity index (χ1n) is 12.9. The first-order chi connectivity index (χ1) is 16.1. The maximum Gasteiger partial charge on any atom is 0.225 e. The fraction of sp³-hybridized carbons (Fsp3) is 0.741. The van der Waals surface area contributed by atoms with Crippen LogP contribution in [0.5, 0.6) is 0 Å². The molecule has 33 heavy (non-hydrogen) atoms. The van der Waals surface area contributed by atoms with Crippen LogP contribution in [0.4, 0.5) is 0 Å². The van der Waals surface area contributed by atoms with Crippen molar-refractivity contribution in [2.24, 2.45) is 17.8 Å². The molecule has 1 aromatic carbocycles. The minimum absolute atomic E-state index is 0.123. The molecule has 2 atom stereocenters. The molecule has 2 aliphatic carbocycles. The molecule has 0 spiro atoms. The van der Waals surface area contributed by atoms with Gasteiger partial charge in [0.1, 0.15) is 0 Å². The number of ether oxygens (including phenoxy) is 3. The zero-order valence-electron chi connectivity index (χ0n) is 20.5. The number of benzene rings is 1. The van der Waals surface area contributed by atoms with Gasteiger partial charge in [-0.3, -0.25) is 9.69 Å². The molecule has 0 N–H and O–H groups in total. The average Bonchev–Trinajstić information content (AvgIpc) is 3.40. The average molecular weight is 459 g/mol. The van der Waals surface area contributed by atoms with Crippen molar-refractivity contribution in [2.45, 2.75) is 57.8 Å². The minimum Gasteiger partial charge on any atom is -0.381 e. The molecule has 3 aliphatic rings. The Labute approximate surface area is 199 Å². The molecule has 4 rings (SSSR count). The van der Waals surface area contributed by atoms with E-state index in [4.69, 9.17) is 14.2 Å². The SMILES string of the molecule is COC(CN(CC1CC1)C(=O)CCOCCc1cccc(CN2CC3CCC[C@H]3C2)c1)OC. The van der Waals surface area contributed by atoms with Crippen LogP contribution in [0.2, 0.25) is 0 Å². The summed E-state index contributed by atoms with van der Waals surface area (Å²) in [5, 5.41) is 0. The van der Waals surface area contributed by atoms with Crippen molar-refractivity contribution in [2.75, 3.05) is 53.6 Å². The Morgan fingerprint density at radius 3 is 2.48 bits per heavy atom. The summed E-state index contributed by atoms with van der Waals surface area (Å²) in [6.07, 6.45) is 7.63. The van der Waals surface area contributed by atoms with E-state index < -0.39 is 0 Å². The third-order valence-corrected chi connectivity index (χ3v) is 7.62. The number of carbonyl (C=O) groups is 1. The predicted molar refractivity (Wildman–Crippen MR) is 129 cm³/mol. The van der Waals surface area contributed by atoms with Crippen molar-refractivity contribution < 1.29 is 19.0 Å². The third kappa shape index (κ3) is 7.51. The highest BCUT2D eigenvalue weighted by Gasteiger charge is 2.35. The molecule has 1 aromatic rings. The van der Waals surface area contributed by atoms with E-state index >= 15 is 0 Å². The fourth-order valence-electron chi connectivity index (χ4n) is 5.53. The van der Waals surface area contributed by atoms with Crippen molar-refractivity contribution in [3.8, 4) is 0 Å². The van der Waals surface area contributed by atoms with Gasteiger partial charge in [0.15, 0.2) is 6.29 Å². The molecule has 1 heterocycles. The summed E-state index contributed by atoms with van der Waals surface area (Å²) < 4.78 is 16.4. The molecule has 2 saturated carbocycles. The summed E-state index contributed by atoms with van der Waals surface area (Å²) >= 11 is 0. The van der Waals surface area contributed by atoms with E-state index in [1.165, 1.54) is 56.3 Å². The van der Waals surface area contributed by atoms with Gasteiger partial charge in [-0.15, -0.1) is 0 Å². The van der Waals surface area contributed by atoms with Crippen LogP contribution in [0.1, 0.15) is 49.7 Å². The van der Waals surface area contributed by atoms with E-state index in [1.54, 1.807) is 14.2 Å². The van der Waals surface area contributed by atoms with Gasteiger partial charge >= 0.3 is 0 Å². The standard InChI is InChI=1S/C27H42N2O4/c1-31-27(32-2)20-29(17-22-9-10-22)26(30)12-14-33-13-11-21-5-3-6-23(15-21)16-28-18-24-7-4-8-25(24)19-28/h3,5-6,15,22,24-25,27H,4,7-14,16-20H2,1-2H3/t24-,25?/m0/s1. The predicted octanol–water partition coefficient (Wildman–Crippen LogP) is 3.73. The summed E-state index contributed by atoms with van der Waals surface area (Å²) in [5.41, 5.74) is 2.72. The maximum atomic E-state index is 12.7. The zero-order valence-corrected chi connectivity index (χ0v) is 20.5. The number of fused-ring (bicyclic) bond motifs is 1. The lowest BCUT2D eigenvalue weighted by Gasteiger charge is -2.26. The van der Waals surface area contributed by atoms with Crippen LogP contribution in [-0.2, 0) is 32.0 Å².